The van der Waals surface area contributed by atoms with Crippen molar-refractivity contribution in [3.05, 3.63) is 54.3 Å². The van der Waals surface area contributed by atoms with Crippen molar-refractivity contribution >= 4 is 11.6 Å². The van der Waals surface area contributed by atoms with Gasteiger partial charge in [-0.3, -0.25) is 4.79 Å². The molecule has 5 heteroatoms. The van der Waals surface area contributed by atoms with Gasteiger partial charge in [0, 0.05) is 12.6 Å². The van der Waals surface area contributed by atoms with Crippen molar-refractivity contribution in [1.29, 1.82) is 0 Å². The molecule has 1 saturated heterocycles. The van der Waals surface area contributed by atoms with Crippen LogP contribution in [0.1, 0.15) is 12.8 Å². The summed E-state index contributed by atoms with van der Waals surface area (Å²) in [5.41, 5.74) is 0.590. The molecular weight excluding hydrogens is 295 g/mol. The van der Waals surface area contributed by atoms with Gasteiger partial charge in [-0.25, -0.2) is 4.39 Å². The van der Waals surface area contributed by atoms with Gasteiger partial charge in [-0.05, 0) is 43.7 Å². The average molecular weight is 314 g/mol. The molecule has 2 N–H and O–H groups in total. The quantitative estimate of drug-likeness (QED) is 0.907. The molecule has 1 aliphatic rings. The number of rotatable bonds is 4. The van der Waals surface area contributed by atoms with E-state index in [0.29, 0.717) is 23.7 Å². The molecule has 2 aromatic carbocycles. The van der Waals surface area contributed by atoms with Crippen molar-refractivity contribution in [2.24, 2.45) is 5.92 Å². The van der Waals surface area contributed by atoms with E-state index in [-0.39, 0.29) is 17.6 Å². The predicted molar refractivity (Wildman–Crippen MR) is 87.1 cm³/mol. The van der Waals surface area contributed by atoms with Crippen LogP contribution in [0.3, 0.4) is 0 Å². The Morgan fingerprint density at radius 2 is 2.09 bits per heavy atom. The number of carbonyl (C=O) groups is 1. The van der Waals surface area contributed by atoms with Crippen molar-refractivity contribution in [2.45, 2.75) is 12.8 Å². The highest BCUT2D eigenvalue weighted by molar-refractivity contribution is 5.94. The molecule has 1 heterocycles. The van der Waals surface area contributed by atoms with Gasteiger partial charge in [0.05, 0.1) is 11.6 Å². The standard InChI is InChI=1S/C18H19FN2O2/c19-14-6-3-7-15(11-14)23-17-9-2-1-8-16(17)21-18(22)13-5-4-10-20-12-13/h1-3,6-9,11,13,20H,4-5,10,12H2,(H,21,22). The topological polar surface area (TPSA) is 50.4 Å². The molecule has 1 atom stereocenters. The number of benzene rings is 2. The van der Waals surface area contributed by atoms with E-state index in [1.54, 1.807) is 24.3 Å². The molecule has 0 aromatic heterocycles. The maximum Gasteiger partial charge on any atom is 0.228 e. The number of halogens is 1. The summed E-state index contributed by atoms with van der Waals surface area (Å²) < 4.78 is 19.0. The predicted octanol–water partition coefficient (Wildman–Crippen LogP) is 3.56. The third-order valence-electron chi connectivity index (χ3n) is 3.84. The third-order valence-corrected chi connectivity index (χ3v) is 3.84. The number of piperidine rings is 1. The second-order valence-corrected chi connectivity index (χ2v) is 5.59. The highest BCUT2D eigenvalue weighted by Crippen LogP contribution is 2.30. The first-order valence-electron chi connectivity index (χ1n) is 7.76. The van der Waals surface area contributed by atoms with Crippen LogP contribution in [0.2, 0.25) is 0 Å². The summed E-state index contributed by atoms with van der Waals surface area (Å²) in [6, 6.07) is 13.1. The minimum Gasteiger partial charge on any atom is -0.455 e. The van der Waals surface area contributed by atoms with Crippen LogP contribution in [-0.2, 0) is 4.79 Å². The monoisotopic (exact) mass is 314 g/mol. The van der Waals surface area contributed by atoms with Crippen LogP contribution in [0.4, 0.5) is 10.1 Å². The molecular formula is C18H19FN2O2. The van der Waals surface area contributed by atoms with Crippen molar-refractivity contribution in [3.8, 4) is 11.5 Å². The summed E-state index contributed by atoms with van der Waals surface area (Å²) in [5, 5.41) is 6.15. The van der Waals surface area contributed by atoms with Crippen molar-refractivity contribution < 1.29 is 13.9 Å². The van der Waals surface area contributed by atoms with Crippen molar-refractivity contribution in [3.63, 3.8) is 0 Å². The number of ether oxygens (including phenoxy) is 1. The molecule has 0 aliphatic carbocycles. The molecule has 0 saturated carbocycles. The Hall–Kier alpha value is -2.40. The van der Waals surface area contributed by atoms with Gasteiger partial charge < -0.3 is 15.4 Å². The highest BCUT2D eigenvalue weighted by Gasteiger charge is 2.21. The Morgan fingerprint density at radius 3 is 2.87 bits per heavy atom. The number of nitrogens with one attached hydrogen (secondary N) is 2. The number of carbonyl (C=O) groups excluding carboxylic acids is 1. The number of para-hydroxylation sites is 2. The van der Waals surface area contributed by atoms with Crippen LogP contribution in [0, 0.1) is 11.7 Å². The molecule has 0 radical (unpaired) electrons. The average Bonchev–Trinajstić information content (AvgIpc) is 2.57. The van der Waals surface area contributed by atoms with E-state index < -0.39 is 0 Å². The van der Waals surface area contributed by atoms with Crippen LogP contribution in [0.5, 0.6) is 11.5 Å². The zero-order valence-corrected chi connectivity index (χ0v) is 12.7. The minimum atomic E-state index is -0.364. The van der Waals surface area contributed by atoms with E-state index in [0.717, 1.165) is 19.4 Å². The smallest absolute Gasteiger partial charge is 0.228 e. The Balaban J connectivity index is 1.73. The van der Waals surface area contributed by atoms with E-state index in [2.05, 4.69) is 10.6 Å². The zero-order chi connectivity index (χ0) is 16.1. The van der Waals surface area contributed by atoms with Gasteiger partial charge in [0.2, 0.25) is 5.91 Å². The summed E-state index contributed by atoms with van der Waals surface area (Å²) in [6.45, 7) is 1.65. The summed E-state index contributed by atoms with van der Waals surface area (Å²) >= 11 is 0. The van der Waals surface area contributed by atoms with E-state index in [9.17, 15) is 9.18 Å². The van der Waals surface area contributed by atoms with Crippen LogP contribution in [0.15, 0.2) is 48.5 Å². The second kappa shape index (κ2) is 7.24. The van der Waals surface area contributed by atoms with E-state index in [1.807, 2.05) is 12.1 Å². The maximum atomic E-state index is 13.3. The molecule has 3 rings (SSSR count). The molecule has 0 spiro atoms. The van der Waals surface area contributed by atoms with Crippen LogP contribution in [0.25, 0.3) is 0 Å². The molecule has 0 bridgehead atoms. The van der Waals surface area contributed by atoms with Gasteiger partial charge in [-0.2, -0.15) is 0 Å². The molecule has 4 nitrogen and oxygen atoms in total. The Bertz CT molecular complexity index is 684. The third kappa shape index (κ3) is 4.07. The SMILES string of the molecule is O=C(Nc1ccccc1Oc1cccc(F)c1)C1CCCNC1. The second-order valence-electron chi connectivity index (χ2n) is 5.59. The fraction of sp³-hybridized carbons (Fsp3) is 0.278. The molecule has 2 aromatic rings. The van der Waals surface area contributed by atoms with Gasteiger partial charge >= 0.3 is 0 Å². The lowest BCUT2D eigenvalue weighted by Gasteiger charge is -2.22. The summed E-state index contributed by atoms with van der Waals surface area (Å²) in [5.74, 6) is 0.469. The normalized spacial score (nSPS) is 17.5. The lowest BCUT2D eigenvalue weighted by Crippen LogP contribution is -2.37. The van der Waals surface area contributed by atoms with Gasteiger partial charge in [-0.1, -0.05) is 18.2 Å². The van der Waals surface area contributed by atoms with E-state index >= 15 is 0 Å². The lowest BCUT2D eigenvalue weighted by molar-refractivity contribution is -0.120. The van der Waals surface area contributed by atoms with Crippen LogP contribution < -0.4 is 15.4 Å². The first-order chi connectivity index (χ1) is 11.2. The van der Waals surface area contributed by atoms with Gasteiger partial charge in [0.15, 0.2) is 5.75 Å². The number of hydrogen-bond acceptors (Lipinski definition) is 3. The number of anilines is 1. The summed E-state index contributed by atoms with van der Waals surface area (Å²) in [6.07, 6.45) is 1.88. The van der Waals surface area contributed by atoms with E-state index in [4.69, 9.17) is 4.74 Å². The fourth-order valence-electron chi connectivity index (χ4n) is 2.63. The molecule has 23 heavy (non-hydrogen) atoms. The maximum absolute atomic E-state index is 13.3. The molecule has 120 valence electrons. The molecule has 1 fully saturated rings. The van der Waals surface area contributed by atoms with Crippen LogP contribution >= 0.6 is 0 Å². The first kappa shape index (κ1) is 15.5. The Labute approximate surface area is 134 Å². The summed E-state index contributed by atoms with van der Waals surface area (Å²) in [4.78, 5) is 12.4. The zero-order valence-electron chi connectivity index (χ0n) is 12.7. The fourth-order valence-corrected chi connectivity index (χ4v) is 2.63. The largest absolute Gasteiger partial charge is 0.455 e. The number of amides is 1. The molecule has 1 unspecified atom stereocenters. The highest BCUT2D eigenvalue weighted by atomic mass is 19.1. The number of hydrogen-bond donors (Lipinski definition) is 2. The molecule has 1 amide bonds. The van der Waals surface area contributed by atoms with Crippen LogP contribution in [-0.4, -0.2) is 19.0 Å². The Kier molecular flexibility index (Phi) is 4.88. The van der Waals surface area contributed by atoms with Gasteiger partial charge in [0.25, 0.3) is 0 Å². The molecule has 1 aliphatic heterocycles. The Morgan fingerprint density at radius 1 is 1.22 bits per heavy atom. The van der Waals surface area contributed by atoms with Crippen molar-refractivity contribution in [2.75, 3.05) is 18.4 Å². The van der Waals surface area contributed by atoms with Gasteiger partial charge in [0.1, 0.15) is 11.6 Å². The summed E-state index contributed by atoms with van der Waals surface area (Å²) in [7, 11) is 0. The van der Waals surface area contributed by atoms with Crippen molar-refractivity contribution in [1.82, 2.24) is 5.32 Å². The van der Waals surface area contributed by atoms with E-state index in [1.165, 1.54) is 12.1 Å². The first-order valence-corrected chi connectivity index (χ1v) is 7.76. The minimum absolute atomic E-state index is 0.0208. The lowest BCUT2D eigenvalue weighted by atomic mass is 9.99. The van der Waals surface area contributed by atoms with Gasteiger partial charge in [-0.15, -0.1) is 0 Å².